The van der Waals surface area contributed by atoms with Crippen molar-refractivity contribution in [1.29, 1.82) is 0 Å². The van der Waals surface area contributed by atoms with Gasteiger partial charge in [0.05, 0.1) is 12.7 Å². The van der Waals surface area contributed by atoms with Gasteiger partial charge in [-0.05, 0) is 58.7 Å². The smallest absolute Gasteiger partial charge is 0.322 e. The Morgan fingerprint density at radius 3 is 2.62 bits per heavy atom. The highest BCUT2D eigenvalue weighted by Crippen LogP contribution is 2.28. The van der Waals surface area contributed by atoms with Gasteiger partial charge in [0.15, 0.2) is 0 Å². The van der Waals surface area contributed by atoms with Crippen LogP contribution in [0.4, 0.5) is 10.5 Å². The molecule has 2 aromatic rings. The molecule has 1 atom stereocenters. The van der Waals surface area contributed by atoms with E-state index < -0.39 is 17.5 Å². The minimum Gasteiger partial charge on any atom is -0.497 e. The van der Waals surface area contributed by atoms with Gasteiger partial charge in [-0.3, -0.25) is 14.9 Å². The van der Waals surface area contributed by atoms with E-state index in [2.05, 4.69) is 31.9 Å². The molecule has 0 saturated carbocycles. The molecule has 3 rings (SSSR count). The van der Waals surface area contributed by atoms with Crippen molar-refractivity contribution in [2.45, 2.75) is 12.5 Å². The Balaban J connectivity index is 1.87. The van der Waals surface area contributed by atoms with Crippen LogP contribution in [0.1, 0.15) is 22.8 Å². The molecule has 0 bridgehead atoms. The lowest BCUT2D eigenvalue weighted by atomic mass is 9.92. The minimum atomic E-state index is -1.19. The van der Waals surface area contributed by atoms with E-state index in [-0.39, 0.29) is 5.91 Å². The van der Waals surface area contributed by atoms with Crippen molar-refractivity contribution in [3.05, 3.63) is 58.1 Å². The van der Waals surface area contributed by atoms with Crippen LogP contribution >= 0.6 is 15.9 Å². The fourth-order valence-electron chi connectivity index (χ4n) is 2.66. The number of ether oxygens (including phenoxy) is 1. The molecule has 0 aromatic heterocycles. The number of urea groups is 1. The van der Waals surface area contributed by atoms with E-state index >= 15 is 0 Å². The number of rotatable bonds is 4. The predicted molar refractivity (Wildman–Crippen MR) is 99.1 cm³/mol. The van der Waals surface area contributed by atoms with Crippen molar-refractivity contribution in [3.8, 4) is 5.75 Å². The summed E-state index contributed by atoms with van der Waals surface area (Å²) >= 11 is 3.35. The van der Waals surface area contributed by atoms with E-state index in [0.29, 0.717) is 27.0 Å². The zero-order chi connectivity index (χ0) is 18.9. The van der Waals surface area contributed by atoms with Crippen molar-refractivity contribution >= 4 is 39.5 Å². The molecule has 0 aliphatic carbocycles. The van der Waals surface area contributed by atoms with Crippen LogP contribution < -0.4 is 20.7 Å². The summed E-state index contributed by atoms with van der Waals surface area (Å²) in [6.45, 7) is 1.60. The Hall–Kier alpha value is -2.87. The maximum atomic E-state index is 12.6. The van der Waals surface area contributed by atoms with E-state index in [1.165, 1.54) is 7.11 Å². The number of anilines is 1. The topological polar surface area (TPSA) is 96.5 Å². The molecule has 1 saturated heterocycles. The van der Waals surface area contributed by atoms with Gasteiger partial charge in [-0.1, -0.05) is 12.1 Å². The molecule has 0 unspecified atom stereocenters. The number of methoxy groups -OCH3 is 1. The summed E-state index contributed by atoms with van der Waals surface area (Å²) in [6, 6.07) is 11.3. The third-order valence-electron chi connectivity index (χ3n) is 4.16. The molecule has 1 aliphatic heterocycles. The lowest BCUT2D eigenvalue weighted by Gasteiger charge is -2.21. The highest BCUT2D eigenvalue weighted by molar-refractivity contribution is 9.10. The highest BCUT2D eigenvalue weighted by atomic mass is 79.9. The molecule has 1 aliphatic rings. The number of imide groups is 1. The first-order chi connectivity index (χ1) is 12.3. The molecule has 0 spiro atoms. The van der Waals surface area contributed by atoms with Crippen LogP contribution in [0, 0.1) is 0 Å². The number of carbonyl (C=O) groups is 3. The van der Waals surface area contributed by atoms with Gasteiger partial charge in [0.2, 0.25) is 0 Å². The van der Waals surface area contributed by atoms with Gasteiger partial charge < -0.3 is 15.4 Å². The quantitative estimate of drug-likeness (QED) is 0.666. The SMILES string of the molecule is COc1ccc(Br)c(C(=O)Nc2cccc([C@@]3(C)NC(=O)NC3=O)c2)c1. The van der Waals surface area contributed by atoms with Gasteiger partial charge in [-0.15, -0.1) is 0 Å². The van der Waals surface area contributed by atoms with Crippen LogP contribution in [-0.4, -0.2) is 25.0 Å². The fraction of sp³-hybridized carbons (Fsp3) is 0.167. The van der Waals surface area contributed by atoms with Gasteiger partial charge in [-0.25, -0.2) is 4.79 Å². The van der Waals surface area contributed by atoms with Gasteiger partial charge in [0.1, 0.15) is 11.3 Å². The summed E-state index contributed by atoms with van der Waals surface area (Å²) in [5, 5.41) is 7.60. The summed E-state index contributed by atoms with van der Waals surface area (Å²) in [7, 11) is 1.52. The molecular formula is C18H16BrN3O4. The highest BCUT2D eigenvalue weighted by Gasteiger charge is 2.43. The van der Waals surface area contributed by atoms with E-state index in [1.807, 2.05) is 0 Å². The second kappa shape index (κ2) is 6.80. The number of carbonyl (C=O) groups excluding carboxylic acids is 3. The maximum Gasteiger partial charge on any atom is 0.322 e. The molecule has 4 amide bonds. The zero-order valence-electron chi connectivity index (χ0n) is 14.1. The van der Waals surface area contributed by atoms with E-state index in [0.717, 1.165) is 0 Å². The maximum absolute atomic E-state index is 12.6. The van der Waals surface area contributed by atoms with Crippen molar-refractivity contribution in [1.82, 2.24) is 10.6 Å². The number of halogens is 1. The Kier molecular flexibility index (Phi) is 4.69. The summed E-state index contributed by atoms with van der Waals surface area (Å²) in [4.78, 5) is 36.1. The second-order valence-corrected chi connectivity index (χ2v) is 6.77. The molecule has 0 radical (unpaired) electrons. The van der Waals surface area contributed by atoms with Crippen molar-refractivity contribution in [2.75, 3.05) is 12.4 Å². The summed E-state index contributed by atoms with van der Waals surface area (Å²) < 4.78 is 5.77. The Morgan fingerprint density at radius 1 is 1.19 bits per heavy atom. The van der Waals surface area contributed by atoms with Crippen molar-refractivity contribution in [2.24, 2.45) is 0 Å². The van der Waals surface area contributed by atoms with Crippen molar-refractivity contribution < 1.29 is 19.1 Å². The molecular weight excluding hydrogens is 402 g/mol. The lowest BCUT2D eigenvalue weighted by molar-refractivity contribution is -0.123. The van der Waals surface area contributed by atoms with E-state index in [9.17, 15) is 14.4 Å². The van der Waals surface area contributed by atoms with Crippen LogP contribution in [0.5, 0.6) is 5.75 Å². The Morgan fingerprint density at radius 2 is 1.96 bits per heavy atom. The first-order valence-electron chi connectivity index (χ1n) is 7.72. The average Bonchev–Trinajstić information content (AvgIpc) is 2.88. The van der Waals surface area contributed by atoms with Crippen LogP contribution in [0.2, 0.25) is 0 Å². The van der Waals surface area contributed by atoms with E-state index in [4.69, 9.17) is 4.74 Å². The largest absolute Gasteiger partial charge is 0.497 e. The van der Waals surface area contributed by atoms with Crippen LogP contribution in [0.15, 0.2) is 46.9 Å². The van der Waals surface area contributed by atoms with Crippen LogP contribution in [0.3, 0.4) is 0 Å². The van der Waals surface area contributed by atoms with Gasteiger partial charge in [-0.2, -0.15) is 0 Å². The molecule has 26 heavy (non-hydrogen) atoms. The number of benzene rings is 2. The van der Waals surface area contributed by atoms with Crippen LogP contribution in [0.25, 0.3) is 0 Å². The standard InChI is InChI=1S/C18H16BrN3O4/c1-18(16(24)21-17(25)22-18)10-4-3-5-11(8-10)20-15(23)13-9-12(26-2)6-7-14(13)19/h3-9H,1-2H3,(H,20,23)(H2,21,22,24,25)/t18-/m1/s1. The second-order valence-electron chi connectivity index (χ2n) is 5.91. The molecule has 3 N–H and O–H groups in total. The number of nitrogens with one attached hydrogen (secondary N) is 3. The number of hydrogen-bond donors (Lipinski definition) is 3. The van der Waals surface area contributed by atoms with Crippen molar-refractivity contribution in [3.63, 3.8) is 0 Å². The molecule has 7 nitrogen and oxygen atoms in total. The summed E-state index contributed by atoms with van der Waals surface area (Å²) in [6.07, 6.45) is 0. The predicted octanol–water partition coefficient (Wildman–Crippen LogP) is 2.76. The monoisotopic (exact) mass is 417 g/mol. The fourth-order valence-corrected chi connectivity index (χ4v) is 3.08. The molecule has 2 aromatic carbocycles. The first kappa shape index (κ1) is 17.9. The zero-order valence-corrected chi connectivity index (χ0v) is 15.6. The Bertz CT molecular complexity index is 915. The molecule has 8 heteroatoms. The summed E-state index contributed by atoms with van der Waals surface area (Å²) in [5.41, 5.74) is 0.280. The Labute approximate surface area is 158 Å². The molecule has 134 valence electrons. The molecule has 1 fully saturated rings. The average molecular weight is 418 g/mol. The molecule has 1 heterocycles. The third-order valence-corrected chi connectivity index (χ3v) is 4.85. The third kappa shape index (κ3) is 3.28. The van der Waals surface area contributed by atoms with Crippen LogP contribution in [-0.2, 0) is 10.3 Å². The minimum absolute atomic E-state index is 0.335. The normalized spacial score (nSPS) is 18.9. The first-order valence-corrected chi connectivity index (χ1v) is 8.52. The lowest BCUT2D eigenvalue weighted by Crippen LogP contribution is -2.40. The van der Waals surface area contributed by atoms with E-state index in [1.54, 1.807) is 49.4 Å². The number of amides is 4. The number of hydrogen-bond acceptors (Lipinski definition) is 4. The summed E-state index contributed by atoms with van der Waals surface area (Å²) in [5.74, 6) is -0.218. The van der Waals surface area contributed by atoms with Gasteiger partial charge in [0.25, 0.3) is 11.8 Å². The van der Waals surface area contributed by atoms with Gasteiger partial charge in [0, 0.05) is 10.2 Å². The van der Waals surface area contributed by atoms with Gasteiger partial charge >= 0.3 is 6.03 Å².